The number of hydrogen-bond acceptors (Lipinski definition) is 4. The molecule has 26 heavy (non-hydrogen) atoms. The summed E-state index contributed by atoms with van der Waals surface area (Å²) in [6.07, 6.45) is 6.43. The Balaban J connectivity index is 1.49. The number of rotatable bonds is 5. The van der Waals surface area contributed by atoms with Crippen molar-refractivity contribution in [3.63, 3.8) is 0 Å². The predicted molar refractivity (Wildman–Crippen MR) is 100 cm³/mol. The molecule has 0 aromatic carbocycles. The summed E-state index contributed by atoms with van der Waals surface area (Å²) in [6.45, 7) is 3.28. The van der Waals surface area contributed by atoms with E-state index >= 15 is 0 Å². The lowest BCUT2D eigenvalue weighted by molar-refractivity contribution is 0.402. The Morgan fingerprint density at radius 2 is 2.19 bits per heavy atom. The minimum Gasteiger partial charge on any atom is -0.465 e. The molecular formula is C21H23N3O2. The van der Waals surface area contributed by atoms with Gasteiger partial charge in [0.05, 0.1) is 13.1 Å². The van der Waals surface area contributed by atoms with Crippen molar-refractivity contribution in [2.45, 2.75) is 45.3 Å². The van der Waals surface area contributed by atoms with E-state index in [0.717, 1.165) is 48.6 Å². The zero-order valence-electron chi connectivity index (χ0n) is 14.9. The molecule has 134 valence electrons. The van der Waals surface area contributed by atoms with E-state index in [0.29, 0.717) is 12.6 Å². The summed E-state index contributed by atoms with van der Waals surface area (Å²) >= 11 is 0. The number of furan rings is 1. The summed E-state index contributed by atoms with van der Waals surface area (Å²) in [6, 6.07) is 12.0. The molecule has 0 aliphatic heterocycles. The molecule has 5 nitrogen and oxygen atoms in total. The summed E-state index contributed by atoms with van der Waals surface area (Å²) < 4.78 is 7.53. The Morgan fingerprint density at radius 3 is 2.96 bits per heavy atom. The molecular weight excluding hydrogens is 326 g/mol. The zero-order valence-corrected chi connectivity index (χ0v) is 14.9. The van der Waals surface area contributed by atoms with Gasteiger partial charge in [-0.25, -0.2) is 0 Å². The molecule has 1 N–H and O–H groups in total. The average molecular weight is 349 g/mol. The normalized spacial score (nSPS) is 16.4. The van der Waals surface area contributed by atoms with E-state index in [1.54, 1.807) is 12.3 Å². The first-order valence-electron chi connectivity index (χ1n) is 9.08. The van der Waals surface area contributed by atoms with Crippen LogP contribution in [-0.2, 0) is 25.9 Å². The molecule has 0 saturated heterocycles. The molecule has 1 atom stereocenters. The van der Waals surface area contributed by atoms with Crippen LogP contribution in [0.25, 0.3) is 0 Å². The monoisotopic (exact) mass is 349 g/mol. The fourth-order valence-electron chi connectivity index (χ4n) is 3.67. The topological polar surface area (TPSA) is 60.1 Å². The molecule has 0 radical (unpaired) electrons. The summed E-state index contributed by atoms with van der Waals surface area (Å²) in [4.78, 5) is 16.6. The molecule has 0 fully saturated rings. The molecule has 0 spiro atoms. The van der Waals surface area contributed by atoms with Gasteiger partial charge in [-0.05, 0) is 55.5 Å². The first kappa shape index (κ1) is 16.8. The van der Waals surface area contributed by atoms with Gasteiger partial charge in [0.15, 0.2) is 0 Å². The Hall–Kier alpha value is -2.66. The highest BCUT2D eigenvalue weighted by molar-refractivity contribution is 5.27. The number of aryl methyl sites for hydroxylation is 1. The van der Waals surface area contributed by atoms with E-state index in [1.807, 2.05) is 48.0 Å². The number of fused-ring (bicyclic) bond motifs is 1. The molecule has 3 aromatic heterocycles. The van der Waals surface area contributed by atoms with Crippen molar-refractivity contribution >= 4 is 0 Å². The van der Waals surface area contributed by atoms with Gasteiger partial charge < -0.3 is 14.3 Å². The van der Waals surface area contributed by atoms with Crippen LogP contribution in [0.3, 0.4) is 0 Å². The minimum atomic E-state index is 0.0603. The second-order valence-corrected chi connectivity index (χ2v) is 6.92. The summed E-state index contributed by atoms with van der Waals surface area (Å²) in [5.41, 5.74) is 3.53. The van der Waals surface area contributed by atoms with Crippen LogP contribution < -0.4 is 10.9 Å². The molecule has 1 aliphatic carbocycles. The maximum Gasteiger partial charge on any atom is 0.251 e. The van der Waals surface area contributed by atoms with Crippen LogP contribution in [0.15, 0.2) is 58.0 Å². The van der Waals surface area contributed by atoms with Crippen molar-refractivity contribution in [1.29, 1.82) is 0 Å². The number of hydrogen-bond donors (Lipinski definition) is 1. The van der Waals surface area contributed by atoms with Crippen molar-refractivity contribution in [2.75, 3.05) is 0 Å². The molecule has 3 aromatic rings. The SMILES string of the molecule is Cc1ccc(CN[C@H]2CCc3c(ccc(=O)n3Cc3cccnc3)C2)o1. The van der Waals surface area contributed by atoms with Gasteiger partial charge in [-0.2, -0.15) is 0 Å². The Kier molecular flexibility index (Phi) is 4.71. The highest BCUT2D eigenvalue weighted by atomic mass is 16.3. The molecule has 5 heteroatoms. The minimum absolute atomic E-state index is 0.0603. The van der Waals surface area contributed by atoms with Crippen LogP contribution in [0.5, 0.6) is 0 Å². The first-order chi connectivity index (χ1) is 12.7. The Labute approximate surface area is 152 Å². The second-order valence-electron chi connectivity index (χ2n) is 6.92. The third kappa shape index (κ3) is 3.63. The molecule has 0 saturated carbocycles. The number of nitrogens with zero attached hydrogens (tertiary/aromatic N) is 2. The van der Waals surface area contributed by atoms with Crippen LogP contribution in [0.4, 0.5) is 0 Å². The summed E-state index contributed by atoms with van der Waals surface area (Å²) in [5.74, 6) is 1.91. The van der Waals surface area contributed by atoms with E-state index in [1.165, 1.54) is 5.56 Å². The van der Waals surface area contributed by atoms with Crippen LogP contribution in [-0.4, -0.2) is 15.6 Å². The van der Waals surface area contributed by atoms with Crippen LogP contribution >= 0.6 is 0 Å². The highest BCUT2D eigenvalue weighted by Gasteiger charge is 2.21. The lowest BCUT2D eigenvalue weighted by Crippen LogP contribution is -2.37. The third-order valence-corrected chi connectivity index (χ3v) is 5.01. The van der Waals surface area contributed by atoms with Crippen LogP contribution in [0, 0.1) is 6.92 Å². The van der Waals surface area contributed by atoms with Gasteiger partial charge in [0.2, 0.25) is 0 Å². The number of pyridine rings is 2. The van der Waals surface area contributed by atoms with Gasteiger partial charge in [-0.1, -0.05) is 12.1 Å². The molecule has 4 rings (SSSR count). The fourth-order valence-corrected chi connectivity index (χ4v) is 3.67. The quantitative estimate of drug-likeness (QED) is 0.769. The zero-order chi connectivity index (χ0) is 17.9. The Morgan fingerprint density at radius 1 is 1.27 bits per heavy atom. The molecule has 1 aliphatic rings. The summed E-state index contributed by atoms with van der Waals surface area (Å²) in [5, 5.41) is 3.58. The molecule has 0 bridgehead atoms. The standard InChI is InChI=1S/C21H23N3O2/c1-15-4-7-19(26-15)13-23-18-6-8-20-17(11-18)5-9-21(25)24(20)14-16-3-2-10-22-12-16/h2-5,7,9-10,12,18,23H,6,8,11,13-14H2,1H3/t18-/m0/s1. The fraction of sp³-hybridized carbons (Fsp3) is 0.333. The third-order valence-electron chi connectivity index (χ3n) is 5.01. The van der Waals surface area contributed by atoms with Crippen molar-refractivity contribution in [2.24, 2.45) is 0 Å². The number of nitrogens with one attached hydrogen (secondary N) is 1. The van der Waals surface area contributed by atoms with Crippen molar-refractivity contribution < 1.29 is 4.42 Å². The van der Waals surface area contributed by atoms with E-state index in [4.69, 9.17) is 4.42 Å². The second kappa shape index (κ2) is 7.30. The first-order valence-corrected chi connectivity index (χ1v) is 9.08. The van der Waals surface area contributed by atoms with Gasteiger partial charge in [0.1, 0.15) is 11.5 Å². The predicted octanol–water partition coefficient (Wildman–Crippen LogP) is 2.84. The average Bonchev–Trinajstić information content (AvgIpc) is 3.08. The smallest absolute Gasteiger partial charge is 0.251 e. The summed E-state index contributed by atoms with van der Waals surface area (Å²) in [7, 11) is 0. The molecule has 0 amide bonds. The van der Waals surface area contributed by atoms with E-state index in [9.17, 15) is 4.79 Å². The maximum atomic E-state index is 12.4. The molecule has 0 unspecified atom stereocenters. The van der Waals surface area contributed by atoms with Crippen LogP contribution in [0.2, 0.25) is 0 Å². The van der Waals surface area contributed by atoms with Crippen LogP contribution in [0.1, 0.15) is 34.8 Å². The lowest BCUT2D eigenvalue weighted by Gasteiger charge is -2.27. The van der Waals surface area contributed by atoms with E-state index in [2.05, 4.69) is 10.3 Å². The van der Waals surface area contributed by atoms with Gasteiger partial charge >= 0.3 is 0 Å². The number of aromatic nitrogens is 2. The van der Waals surface area contributed by atoms with Gasteiger partial charge in [0.25, 0.3) is 5.56 Å². The van der Waals surface area contributed by atoms with Gasteiger partial charge in [-0.15, -0.1) is 0 Å². The lowest BCUT2D eigenvalue weighted by atomic mass is 9.91. The largest absolute Gasteiger partial charge is 0.465 e. The Bertz CT molecular complexity index is 943. The van der Waals surface area contributed by atoms with Crippen molar-refractivity contribution in [3.05, 3.63) is 87.5 Å². The van der Waals surface area contributed by atoms with Gasteiger partial charge in [-0.3, -0.25) is 9.78 Å². The van der Waals surface area contributed by atoms with E-state index in [-0.39, 0.29) is 5.56 Å². The highest BCUT2D eigenvalue weighted by Crippen LogP contribution is 2.21. The maximum absolute atomic E-state index is 12.4. The van der Waals surface area contributed by atoms with Crippen molar-refractivity contribution in [1.82, 2.24) is 14.9 Å². The molecule has 3 heterocycles. The van der Waals surface area contributed by atoms with Crippen molar-refractivity contribution in [3.8, 4) is 0 Å². The van der Waals surface area contributed by atoms with E-state index < -0.39 is 0 Å². The van der Waals surface area contributed by atoms with Gasteiger partial charge in [0, 0.05) is 30.2 Å².